The second-order valence-electron chi connectivity index (χ2n) is 3.10. The van der Waals surface area contributed by atoms with Crippen molar-refractivity contribution < 1.29 is 9.84 Å². The van der Waals surface area contributed by atoms with Gasteiger partial charge in [0, 0.05) is 11.8 Å². The van der Waals surface area contributed by atoms with E-state index >= 15 is 0 Å². The van der Waals surface area contributed by atoms with E-state index in [1.807, 2.05) is 18.2 Å². The first-order valence-electron chi connectivity index (χ1n) is 4.59. The Balaban J connectivity index is 2.52. The third kappa shape index (κ3) is 1.91. The molecule has 0 bridgehead atoms. The molecule has 3 heteroatoms. The SMILES string of the molecule is COc1ccc(O)c(-c2ccccn2)c1. The molecule has 1 heterocycles. The number of hydrogen-bond donors (Lipinski definition) is 1. The van der Waals surface area contributed by atoms with Gasteiger partial charge >= 0.3 is 0 Å². The lowest BCUT2D eigenvalue weighted by Gasteiger charge is -2.06. The zero-order valence-electron chi connectivity index (χ0n) is 8.34. The summed E-state index contributed by atoms with van der Waals surface area (Å²) in [5, 5.41) is 9.69. The minimum atomic E-state index is 0.203. The van der Waals surface area contributed by atoms with Crippen LogP contribution in [0, 0.1) is 0 Å². The standard InChI is InChI=1S/C12H11NO2/c1-15-9-5-6-12(14)10(8-9)11-4-2-3-7-13-11/h2-8,14H,1H3. The number of hydrogen-bond acceptors (Lipinski definition) is 3. The van der Waals surface area contributed by atoms with Crippen molar-refractivity contribution in [3.8, 4) is 22.8 Å². The molecule has 0 amide bonds. The molecule has 0 aliphatic heterocycles. The molecule has 1 N–H and O–H groups in total. The number of phenols is 1. The normalized spacial score (nSPS) is 9.93. The molecule has 0 saturated heterocycles. The number of benzene rings is 1. The number of pyridine rings is 1. The second kappa shape index (κ2) is 4.00. The predicted octanol–water partition coefficient (Wildman–Crippen LogP) is 2.46. The summed E-state index contributed by atoms with van der Waals surface area (Å²) in [6, 6.07) is 10.6. The molecule has 1 aromatic carbocycles. The minimum absolute atomic E-state index is 0.203. The number of nitrogens with zero attached hydrogens (tertiary/aromatic N) is 1. The third-order valence-corrected chi connectivity index (χ3v) is 2.14. The predicted molar refractivity (Wildman–Crippen MR) is 57.9 cm³/mol. The quantitative estimate of drug-likeness (QED) is 0.811. The van der Waals surface area contributed by atoms with Gasteiger partial charge in [-0.05, 0) is 30.3 Å². The molecule has 2 aromatic rings. The molecule has 15 heavy (non-hydrogen) atoms. The second-order valence-corrected chi connectivity index (χ2v) is 3.10. The van der Waals surface area contributed by atoms with Gasteiger partial charge in [0.15, 0.2) is 0 Å². The summed E-state index contributed by atoms with van der Waals surface area (Å²) < 4.78 is 5.09. The maximum Gasteiger partial charge on any atom is 0.125 e. The molecule has 0 aliphatic rings. The summed E-state index contributed by atoms with van der Waals surface area (Å²) in [5.74, 6) is 0.906. The summed E-state index contributed by atoms with van der Waals surface area (Å²) in [4.78, 5) is 4.17. The minimum Gasteiger partial charge on any atom is -0.507 e. The van der Waals surface area contributed by atoms with Crippen LogP contribution in [0.1, 0.15) is 0 Å². The molecule has 0 radical (unpaired) electrons. The van der Waals surface area contributed by atoms with Gasteiger partial charge in [-0.1, -0.05) is 6.07 Å². The average molecular weight is 201 g/mol. The summed E-state index contributed by atoms with van der Waals surface area (Å²) in [5.41, 5.74) is 1.41. The fourth-order valence-corrected chi connectivity index (χ4v) is 1.37. The van der Waals surface area contributed by atoms with Crippen LogP contribution < -0.4 is 4.74 Å². The Morgan fingerprint density at radius 2 is 2.07 bits per heavy atom. The smallest absolute Gasteiger partial charge is 0.125 e. The Morgan fingerprint density at radius 1 is 1.20 bits per heavy atom. The highest BCUT2D eigenvalue weighted by Gasteiger charge is 2.06. The molecule has 1 aromatic heterocycles. The Bertz CT molecular complexity index is 454. The number of rotatable bonds is 2. The maximum atomic E-state index is 9.69. The first kappa shape index (κ1) is 9.52. The molecule has 0 spiro atoms. The van der Waals surface area contributed by atoms with Gasteiger partial charge in [0.05, 0.1) is 12.8 Å². The van der Waals surface area contributed by atoms with Crippen LogP contribution in [0.3, 0.4) is 0 Å². The Labute approximate surface area is 88.0 Å². The highest BCUT2D eigenvalue weighted by Crippen LogP contribution is 2.30. The molecular weight excluding hydrogens is 190 g/mol. The van der Waals surface area contributed by atoms with Crippen molar-refractivity contribution in [1.82, 2.24) is 4.98 Å². The van der Waals surface area contributed by atoms with E-state index in [9.17, 15) is 5.11 Å². The topological polar surface area (TPSA) is 42.4 Å². The molecule has 0 aliphatic carbocycles. The highest BCUT2D eigenvalue weighted by atomic mass is 16.5. The van der Waals surface area contributed by atoms with Crippen LogP contribution in [-0.4, -0.2) is 17.2 Å². The fourth-order valence-electron chi connectivity index (χ4n) is 1.37. The van der Waals surface area contributed by atoms with Gasteiger partial charge in [-0.3, -0.25) is 4.98 Å². The average Bonchev–Trinajstić information content (AvgIpc) is 2.31. The Morgan fingerprint density at radius 3 is 2.73 bits per heavy atom. The number of ether oxygens (including phenoxy) is 1. The first-order valence-corrected chi connectivity index (χ1v) is 4.59. The zero-order valence-corrected chi connectivity index (χ0v) is 8.34. The van der Waals surface area contributed by atoms with Gasteiger partial charge in [0.1, 0.15) is 11.5 Å². The molecule has 3 nitrogen and oxygen atoms in total. The van der Waals surface area contributed by atoms with Crippen molar-refractivity contribution in [3.63, 3.8) is 0 Å². The Kier molecular flexibility index (Phi) is 2.54. The number of methoxy groups -OCH3 is 1. The summed E-state index contributed by atoms with van der Waals surface area (Å²) in [6.45, 7) is 0. The van der Waals surface area contributed by atoms with Crippen LogP contribution in [0.4, 0.5) is 0 Å². The van der Waals surface area contributed by atoms with E-state index in [4.69, 9.17) is 4.74 Å². The molecule has 2 rings (SSSR count). The van der Waals surface area contributed by atoms with Gasteiger partial charge in [-0.15, -0.1) is 0 Å². The molecule has 0 atom stereocenters. The van der Waals surface area contributed by atoms with E-state index < -0.39 is 0 Å². The third-order valence-electron chi connectivity index (χ3n) is 2.14. The largest absolute Gasteiger partial charge is 0.507 e. The van der Waals surface area contributed by atoms with Crippen LogP contribution in [-0.2, 0) is 0 Å². The molecule has 76 valence electrons. The summed E-state index contributed by atoms with van der Waals surface area (Å²) in [6.07, 6.45) is 1.69. The van der Waals surface area contributed by atoms with Gasteiger partial charge in [-0.2, -0.15) is 0 Å². The summed E-state index contributed by atoms with van der Waals surface area (Å²) in [7, 11) is 1.59. The van der Waals surface area contributed by atoms with Crippen LogP contribution in [0.25, 0.3) is 11.3 Å². The van der Waals surface area contributed by atoms with Gasteiger partial charge in [0.25, 0.3) is 0 Å². The van der Waals surface area contributed by atoms with E-state index in [0.717, 1.165) is 5.69 Å². The monoisotopic (exact) mass is 201 g/mol. The van der Waals surface area contributed by atoms with E-state index in [2.05, 4.69) is 4.98 Å². The fraction of sp³-hybridized carbons (Fsp3) is 0.0833. The lowest BCUT2D eigenvalue weighted by Crippen LogP contribution is -1.86. The lowest BCUT2D eigenvalue weighted by atomic mass is 10.1. The highest BCUT2D eigenvalue weighted by molar-refractivity contribution is 5.68. The molecule has 0 unspecified atom stereocenters. The number of aromatic nitrogens is 1. The Hall–Kier alpha value is -2.03. The van der Waals surface area contributed by atoms with Gasteiger partial charge < -0.3 is 9.84 Å². The zero-order chi connectivity index (χ0) is 10.7. The van der Waals surface area contributed by atoms with Crippen LogP contribution in [0.2, 0.25) is 0 Å². The van der Waals surface area contributed by atoms with Crippen molar-refractivity contribution >= 4 is 0 Å². The van der Waals surface area contributed by atoms with Crippen molar-refractivity contribution in [2.75, 3.05) is 7.11 Å². The van der Waals surface area contributed by atoms with Crippen LogP contribution in [0.15, 0.2) is 42.6 Å². The molecule has 0 saturated carbocycles. The molecule has 0 fully saturated rings. The maximum absolute atomic E-state index is 9.69. The lowest BCUT2D eigenvalue weighted by molar-refractivity contribution is 0.412. The van der Waals surface area contributed by atoms with Crippen LogP contribution in [0.5, 0.6) is 11.5 Å². The van der Waals surface area contributed by atoms with E-state index in [1.54, 1.807) is 31.5 Å². The van der Waals surface area contributed by atoms with Crippen molar-refractivity contribution in [1.29, 1.82) is 0 Å². The number of aromatic hydroxyl groups is 1. The van der Waals surface area contributed by atoms with E-state index in [0.29, 0.717) is 11.3 Å². The van der Waals surface area contributed by atoms with Crippen molar-refractivity contribution in [2.24, 2.45) is 0 Å². The van der Waals surface area contributed by atoms with Gasteiger partial charge in [0.2, 0.25) is 0 Å². The van der Waals surface area contributed by atoms with E-state index in [-0.39, 0.29) is 5.75 Å². The summed E-state index contributed by atoms with van der Waals surface area (Å²) >= 11 is 0. The van der Waals surface area contributed by atoms with Crippen LogP contribution >= 0.6 is 0 Å². The van der Waals surface area contributed by atoms with Crippen molar-refractivity contribution in [2.45, 2.75) is 0 Å². The first-order chi connectivity index (χ1) is 7.31. The van der Waals surface area contributed by atoms with E-state index in [1.165, 1.54) is 0 Å². The molecular formula is C12H11NO2. The van der Waals surface area contributed by atoms with Gasteiger partial charge in [-0.25, -0.2) is 0 Å². The van der Waals surface area contributed by atoms with Crippen molar-refractivity contribution in [3.05, 3.63) is 42.6 Å². The number of phenolic OH excluding ortho intramolecular Hbond substituents is 1.